The van der Waals surface area contributed by atoms with Gasteiger partial charge in [-0.05, 0) is 42.9 Å². The van der Waals surface area contributed by atoms with Gasteiger partial charge >= 0.3 is 0 Å². The maximum Gasteiger partial charge on any atom is 0.169 e. The maximum atomic E-state index is 10.0. The first kappa shape index (κ1) is 14.3. The van der Waals surface area contributed by atoms with Crippen LogP contribution in [0.25, 0.3) is 11.3 Å². The smallest absolute Gasteiger partial charge is 0.169 e. The van der Waals surface area contributed by atoms with Gasteiger partial charge in [-0.1, -0.05) is 12.1 Å². The summed E-state index contributed by atoms with van der Waals surface area (Å²) in [5.41, 5.74) is 14.5. The molecule has 1 saturated heterocycles. The number of fused-ring (bicyclic) bond motifs is 2. The topological polar surface area (TPSA) is 101 Å². The SMILES string of the molecule is Nc1nnc(-c2ccccc2O)cc1N1CC2CCC(C1)C2N. The molecule has 0 radical (unpaired) electrons. The van der Waals surface area contributed by atoms with E-state index in [1.807, 2.05) is 18.2 Å². The predicted molar refractivity (Wildman–Crippen MR) is 89.9 cm³/mol. The molecule has 1 aliphatic heterocycles. The van der Waals surface area contributed by atoms with E-state index in [1.165, 1.54) is 12.8 Å². The second kappa shape index (κ2) is 5.38. The molecule has 2 atom stereocenters. The van der Waals surface area contributed by atoms with Gasteiger partial charge in [0.15, 0.2) is 5.82 Å². The van der Waals surface area contributed by atoms with Gasteiger partial charge in [0, 0.05) is 24.7 Å². The highest BCUT2D eigenvalue weighted by molar-refractivity contribution is 5.74. The number of para-hydroxylation sites is 1. The average Bonchev–Trinajstić information content (AvgIpc) is 2.77. The Bertz CT molecular complexity index is 721. The number of aromatic hydroxyl groups is 1. The van der Waals surface area contributed by atoms with Gasteiger partial charge in [0.2, 0.25) is 0 Å². The van der Waals surface area contributed by atoms with E-state index in [9.17, 15) is 5.11 Å². The van der Waals surface area contributed by atoms with Crippen molar-refractivity contribution in [2.24, 2.45) is 17.6 Å². The first-order chi connectivity index (χ1) is 11.1. The normalized spacial score (nSPS) is 26.5. The van der Waals surface area contributed by atoms with Crippen molar-refractivity contribution in [2.45, 2.75) is 18.9 Å². The highest BCUT2D eigenvalue weighted by Gasteiger charge is 2.40. The van der Waals surface area contributed by atoms with Crippen LogP contribution in [0.2, 0.25) is 0 Å². The number of piperidine rings is 1. The Labute approximate surface area is 135 Å². The quantitative estimate of drug-likeness (QED) is 0.779. The van der Waals surface area contributed by atoms with Gasteiger partial charge < -0.3 is 21.5 Å². The Kier molecular flexibility index (Phi) is 3.34. The van der Waals surface area contributed by atoms with Gasteiger partial charge in [0.1, 0.15) is 5.75 Å². The van der Waals surface area contributed by atoms with Crippen LogP contribution < -0.4 is 16.4 Å². The van der Waals surface area contributed by atoms with Crippen molar-refractivity contribution >= 4 is 11.5 Å². The molecule has 0 amide bonds. The van der Waals surface area contributed by atoms with E-state index in [0.717, 1.165) is 18.8 Å². The van der Waals surface area contributed by atoms with Crippen molar-refractivity contribution in [1.29, 1.82) is 0 Å². The molecule has 23 heavy (non-hydrogen) atoms. The molecule has 1 aromatic carbocycles. The molecule has 6 nitrogen and oxygen atoms in total. The summed E-state index contributed by atoms with van der Waals surface area (Å²) in [6.45, 7) is 1.82. The molecule has 2 unspecified atom stereocenters. The van der Waals surface area contributed by atoms with E-state index in [0.29, 0.717) is 35.0 Å². The van der Waals surface area contributed by atoms with Crippen LogP contribution in [-0.4, -0.2) is 34.4 Å². The number of nitrogen functional groups attached to an aromatic ring is 1. The van der Waals surface area contributed by atoms with Gasteiger partial charge in [-0.25, -0.2) is 0 Å². The summed E-state index contributed by atoms with van der Waals surface area (Å²) in [6.07, 6.45) is 2.38. The van der Waals surface area contributed by atoms with E-state index in [4.69, 9.17) is 11.5 Å². The lowest BCUT2D eigenvalue weighted by molar-refractivity contribution is 0.356. The van der Waals surface area contributed by atoms with Crippen LogP contribution in [0.5, 0.6) is 5.75 Å². The lowest BCUT2D eigenvalue weighted by atomic mass is 9.92. The monoisotopic (exact) mass is 311 g/mol. The summed E-state index contributed by atoms with van der Waals surface area (Å²) in [5, 5.41) is 18.3. The molecule has 2 aromatic rings. The summed E-state index contributed by atoms with van der Waals surface area (Å²) in [7, 11) is 0. The standard InChI is InChI=1S/C17H21N5O/c18-16-10-5-6-11(16)9-22(8-10)14-7-13(20-21-17(14)19)12-3-1-2-4-15(12)23/h1-4,7,10-11,16,23H,5-6,8-9,18H2,(H2,19,21). The first-order valence-corrected chi connectivity index (χ1v) is 8.05. The fourth-order valence-electron chi connectivity index (χ4n) is 3.93. The molecule has 2 aliphatic rings. The molecule has 1 aromatic heterocycles. The molecule has 5 N–H and O–H groups in total. The summed E-state index contributed by atoms with van der Waals surface area (Å²) in [6, 6.07) is 9.36. The first-order valence-electron chi connectivity index (χ1n) is 8.05. The number of nitrogens with two attached hydrogens (primary N) is 2. The minimum absolute atomic E-state index is 0.193. The van der Waals surface area contributed by atoms with Crippen LogP contribution in [0.4, 0.5) is 11.5 Å². The minimum atomic E-state index is 0.193. The Morgan fingerprint density at radius 2 is 1.78 bits per heavy atom. The third-order valence-corrected chi connectivity index (χ3v) is 5.23. The third-order valence-electron chi connectivity index (χ3n) is 5.23. The van der Waals surface area contributed by atoms with E-state index in [1.54, 1.807) is 12.1 Å². The second-order valence-electron chi connectivity index (χ2n) is 6.60. The fraction of sp³-hybridized carbons (Fsp3) is 0.412. The van der Waals surface area contributed by atoms with Crippen molar-refractivity contribution in [3.05, 3.63) is 30.3 Å². The number of hydrogen-bond donors (Lipinski definition) is 3. The minimum Gasteiger partial charge on any atom is -0.507 e. The molecule has 6 heteroatoms. The summed E-state index contributed by atoms with van der Waals surface area (Å²) >= 11 is 0. The fourth-order valence-corrected chi connectivity index (χ4v) is 3.93. The predicted octanol–water partition coefficient (Wildman–Crippen LogP) is 1.60. The molecule has 4 rings (SSSR count). The lowest BCUT2D eigenvalue weighted by Crippen LogP contribution is -2.49. The molecule has 120 valence electrons. The van der Waals surface area contributed by atoms with Crippen molar-refractivity contribution in [1.82, 2.24) is 10.2 Å². The van der Waals surface area contributed by atoms with E-state index < -0.39 is 0 Å². The zero-order valence-corrected chi connectivity index (χ0v) is 12.9. The number of rotatable bonds is 2. The van der Waals surface area contributed by atoms with E-state index in [-0.39, 0.29) is 5.75 Å². The molecular weight excluding hydrogens is 290 g/mol. The number of anilines is 2. The third kappa shape index (κ3) is 2.39. The number of benzene rings is 1. The van der Waals surface area contributed by atoms with Crippen LogP contribution in [0.1, 0.15) is 12.8 Å². The van der Waals surface area contributed by atoms with E-state index >= 15 is 0 Å². The number of aromatic nitrogens is 2. The van der Waals surface area contributed by atoms with Crippen LogP contribution >= 0.6 is 0 Å². The van der Waals surface area contributed by atoms with Crippen molar-refractivity contribution in [2.75, 3.05) is 23.7 Å². The number of phenols is 1. The molecule has 1 saturated carbocycles. The Balaban J connectivity index is 1.70. The van der Waals surface area contributed by atoms with Gasteiger partial charge in [0.05, 0.1) is 11.4 Å². The van der Waals surface area contributed by atoms with E-state index in [2.05, 4.69) is 15.1 Å². The molecule has 2 fully saturated rings. The summed E-state index contributed by atoms with van der Waals surface area (Å²) in [5.74, 6) is 1.67. The maximum absolute atomic E-state index is 10.0. The largest absolute Gasteiger partial charge is 0.507 e. The van der Waals surface area contributed by atoms with Gasteiger partial charge in [-0.15, -0.1) is 10.2 Å². The van der Waals surface area contributed by atoms with Gasteiger partial charge in [-0.2, -0.15) is 0 Å². The van der Waals surface area contributed by atoms with Gasteiger partial charge in [-0.3, -0.25) is 0 Å². The van der Waals surface area contributed by atoms with Crippen LogP contribution in [0, 0.1) is 11.8 Å². The molecule has 2 bridgehead atoms. The van der Waals surface area contributed by atoms with Crippen LogP contribution in [-0.2, 0) is 0 Å². The number of hydrogen-bond acceptors (Lipinski definition) is 6. The number of phenolic OH excluding ortho intramolecular Hbond substituents is 1. The van der Waals surface area contributed by atoms with Crippen LogP contribution in [0.15, 0.2) is 30.3 Å². The number of nitrogens with zero attached hydrogens (tertiary/aromatic N) is 3. The zero-order valence-electron chi connectivity index (χ0n) is 12.9. The molecule has 1 aliphatic carbocycles. The highest BCUT2D eigenvalue weighted by Crippen LogP contribution is 2.39. The van der Waals surface area contributed by atoms with Crippen LogP contribution in [0.3, 0.4) is 0 Å². The second-order valence-corrected chi connectivity index (χ2v) is 6.60. The van der Waals surface area contributed by atoms with Crippen molar-refractivity contribution < 1.29 is 5.11 Å². The Hall–Kier alpha value is -2.34. The molecule has 0 spiro atoms. The summed E-state index contributed by atoms with van der Waals surface area (Å²) < 4.78 is 0. The lowest BCUT2D eigenvalue weighted by Gasteiger charge is -2.37. The average molecular weight is 311 g/mol. The molecule has 2 heterocycles. The Morgan fingerprint density at radius 1 is 1.09 bits per heavy atom. The highest BCUT2D eigenvalue weighted by atomic mass is 16.3. The van der Waals surface area contributed by atoms with Crippen molar-refractivity contribution in [3.8, 4) is 17.0 Å². The van der Waals surface area contributed by atoms with Crippen molar-refractivity contribution in [3.63, 3.8) is 0 Å². The zero-order chi connectivity index (χ0) is 16.0. The molecular formula is C17H21N5O. The summed E-state index contributed by atoms with van der Waals surface area (Å²) in [4.78, 5) is 2.28. The Morgan fingerprint density at radius 3 is 2.48 bits per heavy atom. The van der Waals surface area contributed by atoms with Gasteiger partial charge in [0.25, 0.3) is 0 Å².